The molecule has 0 atom stereocenters. The summed E-state index contributed by atoms with van der Waals surface area (Å²) in [6.45, 7) is 4.03. The predicted octanol–water partition coefficient (Wildman–Crippen LogP) is 0.714. The van der Waals surface area contributed by atoms with Crippen LogP contribution in [0.4, 0.5) is 5.13 Å². The molecule has 0 spiro atoms. The Bertz CT molecular complexity index is 425. The smallest absolute Gasteiger partial charge is 0.235 e. The zero-order chi connectivity index (χ0) is 11.5. The molecule has 0 unspecified atom stereocenters. The highest BCUT2D eigenvalue weighted by Crippen LogP contribution is 2.23. The number of thiazole rings is 1. The first-order chi connectivity index (χ1) is 6.98. The molecule has 5 nitrogen and oxygen atoms in total. The van der Waals surface area contributed by atoms with Crippen molar-refractivity contribution in [1.29, 1.82) is 0 Å². The molecule has 0 amide bonds. The van der Waals surface area contributed by atoms with Crippen LogP contribution in [0, 0.1) is 6.92 Å². The van der Waals surface area contributed by atoms with Crippen molar-refractivity contribution < 1.29 is 8.42 Å². The lowest BCUT2D eigenvalue weighted by atomic mass is 10.3. The van der Waals surface area contributed by atoms with Crippen LogP contribution >= 0.6 is 11.3 Å². The number of aryl methyl sites for hydroxylation is 2. The summed E-state index contributed by atoms with van der Waals surface area (Å²) < 4.78 is 25.2. The Morgan fingerprint density at radius 2 is 2.20 bits per heavy atom. The minimum Gasteiger partial charge on any atom is -0.329 e. The van der Waals surface area contributed by atoms with Gasteiger partial charge in [-0.3, -0.25) is 4.72 Å². The summed E-state index contributed by atoms with van der Waals surface area (Å²) in [4.78, 5) is 5.23. The van der Waals surface area contributed by atoms with Crippen molar-refractivity contribution >= 4 is 26.5 Å². The van der Waals surface area contributed by atoms with Gasteiger partial charge in [0.2, 0.25) is 10.0 Å². The molecule has 1 heterocycles. The van der Waals surface area contributed by atoms with Crippen molar-refractivity contribution in [2.75, 3.05) is 17.0 Å². The van der Waals surface area contributed by atoms with E-state index in [2.05, 4.69) is 9.71 Å². The summed E-state index contributed by atoms with van der Waals surface area (Å²) in [7, 11) is -3.32. The van der Waals surface area contributed by atoms with Crippen LogP contribution in [0.2, 0.25) is 0 Å². The van der Waals surface area contributed by atoms with E-state index in [0.717, 1.165) is 17.0 Å². The van der Waals surface area contributed by atoms with Gasteiger partial charge in [0.25, 0.3) is 0 Å². The normalized spacial score (nSPS) is 11.7. The molecule has 15 heavy (non-hydrogen) atoms. The molecule has 0 radical (unpaired) electrons. The Hall–Kier alpha value is -0.660. The average Bonchev–Trinajstić information content (AvgIpc) is 2.44. The van der Waals surface area contributed by atoms with Crippen LogP contribution in [-0.4, -0.2) is 25.7 Å². The van der Waals surface area contributed by atoms with Crippen molar-refractivity contribution in [3.8, 4) is 0 Å². The van der Waals surface area contributed by atoms with Gasteiger partial charge in [0.1, 0.15) is 0 Å². The number of nitrogens with two attached hydrogens (primary N) is 1. The van der Waals surface area contributed by atoms with Gasteiger partial charge >= 0.3 is 0 Å². The van der Waals surface area contributed by atoms with Crippen LogP contribution in [0.1, 0.15) is 17.5 Å². The zero-order valence-electron chi connectivity index (χ0n) is 8.78. The second-order valence-electron chi connectivity index (χ2n) is 3.09. The second kappa shape index (κ2) is 4.91. The molecule has 0 saturated heterocycles. The molecule has 0 aliphatic heterocycles. The van der Waals surface area contributed by atoms with Gasteiger partial charge in [-0.2, -0.15) is 0 Å². The molecular weight excluding hydrogens is 234 g/mol. The first kappa shape index (κ1) is 12.4. The molecule has 0 aliphatic carbocycles. The van der Waals surface area contributed by atoms with E-state index < -0.39 is 10.0 Å². The summed E-state index contributed by atoms with van der Waals surface area (Å²) in [6.07, 6.45) is 0.806. The van der Waals surface area contributed by atoms with E-state index in [1.807, 2.05) is 13.8 Å². The minimum atomic E-state index is -3.32. The van der Waals surface area contributed by atoms with Gasteiger partial charge in [-0.05, 0) is 13.3 Å². The zero-order valence-corrected chi connectivity index (χ0v) is 10.4. The van der Waals surface area contributed by atoms with E-state index in [1.165, 1.54) is 11.3 Å². The van der Waals surface area contributed by atoms with Crippen LogP contribution < -0.4 is 10.5 Å². The third-order valence-corrected chi connectivity index (χ3v) is 4.19. The Morgan fingerprint density at radius 1 is 1.53 bits per heavy atom. The van der Waals surface area contributed by atoms with E-state index in [-0.39, 0.29) is 12.3 Å². The van der Waals surface area contributed by atoms with E-state index in [9.17, 15) is 8.42 Å². The minimum absolute atomic E-state index is 0.0763. The summed E-state index contributed by atoms with van der Waals surface area (Å²) in [5.74, 6) is -0.0763. The topological polar surface area (TPSA) is 85.1 Å². The second-order valence-corrected chi connectivity index (χ2v) is 6.13. The average molecular weight is 249 g/mol. The fourth-order valence-electron chi connectivity index (χ4n) is 1.14. The van der Waals surface area contributed by atoms with Crippen LogP contribution in [0.5, 0.6) is 0 Å². The summed E-state index contributed by atoms with van der Waals surface area (Å²) in [5.41, 5.74) is 6.13. The van der Waals surface area contributed by atoms with Crippen molar-refractivity contribution in [2.45, 2.75) is 20.3 Å². The van der Waals surface area contributed by atoms with Gasteiger partial charge in [-0.15, -0.1) is 11.3 Å². The third-order valence-electron chi connectivity index (χ3n) is 1.86. The molecular formula is C8H15N3O2S2. The predicted molar refractivity (Wildman–Crippen MR) is 62.7 cm³/mol. The third kappa shape index (κ3) is 3.44. The molecule has 0 saturated carbocycles. The Balaban J connectivity index is 2.81. The number of rotatable bonds is 5. The maximum atomic E-state index is 11.4. The maximum Gasteiger partial charge on any atom is 0.235 e. The highest BCUT2D eigenvalue weighted by molar-refractivity contribution is 7.92. The SMILES string of the molecule is CCc1nc(NS(=O)(=O)CCN)sc1C. The van der Waals surface area contributed by atoms with Gasteiger partial charge in [-0.25, -0.2) is 13.4 Å². The highest BCUT2D eigenvalue weighted by atomic mass is 32.2. The summed E-state index contributed by atoms with van der Waals surface area (Å²) >= 11 is 1.35. The van der Waals surface area contributed by atoms with Gasteiger partial charge in [-0.1, -0.05) is 6.92 Å². The van der Waals surface area contributed by atoms with Crippen LogP contribution in [0.25, 0.3) is 0 Å². The Kier molecular flexibility index (Phi) is 4.06. The lowest BCUT2D eigenvalue weighted by molar-refractivity contribution is 0.601. The quantitative estimate of drug-likeness (QED) is 0.805. The number of anilines is 1. The molecule has 3 N–H and O–H groups in total. The first-order valence-electron chi connectivity index (χ1n) is 4.65. The lowest BCUT2D eigenvalue weighted by Crippen LogP contribution is -2.22. The standard InChI is InChI=1S/C8H15N3O2S2/c1-3-7-6(2)14-8(10-7)11-15(12,13)5-4-9/h3-5,9H2,1-2H3,(H,10,11). The van der Waals surface area contributed by atoms with Crippen LogP contribution in [0.3, 0.4) is 0 Å². The largest absolute Gasteiger partial charge is 0.329 e. The van der Waals surface area contributed by atoms with Crippen LogP contribution in [-0.2, 0) is 16.4 Å². The molecule has 1 aromatic rings. The van der Waals surface area contributed by atoms with Gasteiger partial charge in [0, 0.05) is 11.4 Å². The Labute approximate surface area is 93.8 Å². The first-order valence-corrected chi connectivity index (χ1v) is 7.12. The Morgan fingerprint density at radius 3 is 2.67 bits per heavy atom. The molecule has 1 rings (SSSR count). The molecule has 86 valence electrons. The summed E-state index contributed by atoms with van der Waals surface area (Å²) in [6, 6.07) is 0. The van der Waals surface area contributed by atoms with Gasteiger partial charge in [0.15, 0.2) is 5.13 Å². The molecule has 0 fully saturated rings. The highest BCUT2D eigenvalue weighted by Gasteiger charge is 2.13. The van der Waals surface area contributed by atoms with E-state index in [4.69, 9.17) is 5.73 Å². The number of hydrogen-bond acceptors (Lipinski definition) is 5. The molecule has 0 aromatic carbocycles. The number of hydrogen-bond donors (Lipinski definition) is 2. The van der Waals surface area contributed by atoms with Crippen molar-refractivity contribution in [3.63, 3.8) is 0 Å². The molecule has 1 aromatic heterocycles. The van der Waals surface area contributed by atoms with E-state index in [0.29, 0.717) is 5.13 Å². The van der Waals surface area contributed by atoms with Crippen molar-refractivity contribution in [3.05, 3.63) is 10.6 Å². The number of aromatic nitrogens is 1. The number of sulfonamides is 1. The van der Waals surface area contributed by atoms with Crippen molar-refractivity contribution in [2.24, 2.45) is 5.73 Å². The monoisotopic (exact) mass is 249 g/mol. The lowest BCUT2D eigenvalue weighted by Gasteiger charge is -2.01. The molecule has 0 bridgehead atoms. The van der Waals surface area contributed by atoms with Gasteiger partial charge in [0.05, 0.1) is 11.4 Å². The number of nitrogens with zero attached hydrogens (tertiary/aromatic N) is 1. The molecule has 0 aliphatic rings. The van der Waals surface area contributed by atoms with Crippen molar-refractivity contribution in [1.82, 2.24) is 4.98 Å². The fraction of sp³-hybridized carbons (Fsp3) is 0.625. The van der Waals surface area contributed by atoms with Gasteiger partial charge < -0.3 is 5.73 Å². The van der Waals surface area contributed by atoms with E-state index >= 15 is 0 Å². The number of nitrogens with one attached hydrogen (secondary N) is 1. The fourth-order valence-corrected chi connectivity index (χ4v) is 3.16. The summed E-state index contributed by atoms with van der Waals surface area (Å²) in [5, 5.41) is 0.429. The maximum absolute atomic E-state index is 11.4. The van der Waals surface area contributed by atoms with E-state index in [1.54, 1.807) is 0 Å². The molecule has 7 heteroatoms. The van der Waals surface area contributed by atoms with Crippen LogP contribution in [0.15, 0.2) is 0 Å².